The number of hydrogen-bond acceptors (Lipinski definition) is 4. The maximum absolute atomic E-state index is 10.9. The van der Waals surface area contributed by atoms with E-state index in [1.54, 1.807) is 6.26 Å². The van der Waals surface area contributed by atoms with Gasteiger partial charge in [0.05, 0.1) is 12.2 Å². The Morgan fingerprint density at radius 2 is 2.67 bits per heavy atom. The predicted molar refractivity (Wildman–Crippen MR) is 41.7 cm³/mol. The average molecular weight is 169 g/mol. The monoisotopic (exact) mass is 169 g/mol. The van der Waals surface area contributed by atoms with Crippen LogP contribution in [0.2, 0.25) is 0 Å². The molecule has 2 aliphatic heterocycles. The Labute approximate surface area is 70.2 Å². The first-order chi connectivity index (χ1) is 5.79. The molecule has 3 N–H and O–H groups in total. The SMILES string of the molecule is NC(=O)C1NCC2=COCCN21. The zero-order valence-electron chi connectivity index (χ0n) is 6.62. The number of hydrogen-bond donors (Lipinski definition) is 2. The van der Waals surface area contributed by atoms with Crippen molar-refractivity contribution in [2.24, 2.45) is 5.73 Å². The van der Waals surface area contributed by atoms with Crippen molar-refractivity contribution in [2.45, 2.75) is 6.17 Å². The Morgan fingerprint density at radius 1 is 1.83 bits per heavy atom. The standard InChI is InChI=1S/C7H11N3O2/c8-6(11)7-9-3-5-4-12-2-1-10(5)7/h4,7,9H,1-3H2,(H2,8,11). The second-order valence-corrected chi connectivity index (χ2v) is 2.86. The highest BCUT2D eigenvalue weighted by molar-refractivity contribution is 5.80. The van der Waals surface area contributed by atoms with E-state index in [4.69, 9.17) is 10.5 Å². The topological polar surface area (TPSA) is 67.6 Å². The number of nitrogens with zero attached hydrogens (tertiary/aromatic N) is 1. The highest BCUT2D eigenvalue weighted by atomic mass is 16.5. The van der Waals surface area contributed by atoms with Crippen LogP contribution in [0.25, 0.3) is 0 Å². The minimum absolute atomic E-state index is 0.333. The van der Waals surface area contributed by atoms with Gasteiger partial charge < -0.3 is 15.4 Å². The summed E-state index contributed by atoms with van der Waals surface area (Å²) in [5.74, 6) is -0.333. The zero-order valence-corrected chi connectivity index (χ0v) is 6.62. The van der Waals surface area contributed by atoms with Crippen LogP contribution in [-0.2, 0) is 9.53 Å². The van der Waals surface area contributed by atoms with Gasteiger partial charge in [0.2, 0.25) is 0 Å². The van der Waals surface area contributed by atoms with Crippen molar-refractivity contribution in [3.8, 4) is 0 Å². The van der Waals surface area contributed by atoms with E-state index >= 15 is 0 Å². The smallest absolute Gasteiger partial charge is 0.255 e. The van der Waals surface area contributed by atoms with E-state index in [1.165, 1.54) is 0 Å². The largest absolute Gasteiger partial charge is 0.497 e. The summed E-state index contributed by atoms with van der Waals surface area (Å²) in [6, 6.07) is 0. The quantitative estimate of drug-likeness (QED) is 0.505. The molecule has 0 bridgehead atoms. The van der Waals surface area contributed by atoms with Crippen LogP contribution in [0.3, 0.4) is 0 Å². The van der Waals surface area contributed by atoms with E-state index in [1.807, 2.05) is 4.90 Å². The molecule has 0 saturated carbocycles. The molecule has 0 aromatic heterocycles. The first-order valence-electron chi connectivity index (χ1n) is 3.89. The molecule has 0 aliphatic carbocycles. The van der Waals surface area contributed by atoms with Crippen molar-refractivity contribution in [2.75, 3.05) is 19.7 Å². The molecule has 12 heavy (non-hydrogen) atoms. The molecule has 2 rings (SSSR count). The molecule has 1 saturated heterocycles. The van der Waals surface area contributed by atoms with Gasteiger partial charge in [0.25, 0.3) is 5.91 Å². The zero-order chi connectivity index (χ0) is 8.55. The summed E-state index contributed by atoms with van der Waals surface area (Å²) >= 11 is 0. The van der Waals surface area contributed by atoms with Crippen LogP contribution < -0.4 is 11.1 Å². The lowest BCUT2D eigenvalue weighted by Crippen LogP contribution is -2.47. The lowest BCUT2D eigenvalue weighted by atomic mass is 10.3. The highest BCUT2D eigenvalue weighted by Gasteiger charge is 2.32. The van der Waals surface area contributed by atoms with E-state index < -0.39 is 0 Å². The Bertz CT molecular complexity index is 239. The van der Waals surface area contributed by atoms with Crippen LogP contribution in [0.15, 0.2) is 12.0 Å². The fraction of sp³-hybridized carbons (Fsp3) is 0.571. The van der Waals surface area contributed by atoms with Gasteiger partial charge in [-0.3, -0.25) is 10.1 Å². The van der Waals surface area contributed by atoms with Crippen molar-refractivity contribution < 1.29 is 9.53 Å². The van der Waals surface area contributed by atoms with Crippen molar-refractivity contribution in [1.82, 2.24) is 10.2 Å². The summed E-state index contributed by atoms with van der Waals surface area (Å²) in [6.45, 7) is 2.01. The molecule has 5 nitrogen and oxygen atoms in total. The average Bonchev–Trinajstić information content (AvgIpc) is 2.47. The molecular formula is C7H11N3O2. The number of fused-ring (bicyclic) bond motifs is 1. The first-order valence-corrected chi connectivity index (χ1v) is 3.89. The second-order valence-electron chi connectivity index (χ2n) is 2.86. The van der Waals surface area contributed by atoms with Gasteiger partial charge in [0, 0.05) is 6.54 Å². The third kappa shape index (κ3) is 1.02. The Balaban J connectivity index is 2.17. The van der Waals surface area contributed by atoms with Crippen molar-refractivity contribution in [3.63, 3.8) is 0 Å². The number of amides is 1. The van der Waals surface area contributed by atoms with Crippen LogP contribution in [0.5, 0.6) is 0 Å². The molecule has 0 aromatic rings. The van der Waals surface area contributed by atoms with Crippen LogP contribution in [0, 0.1) is 0 Å². The van der Waals surface area contributed by atoms with E-state index in [2.05, 4.69) is 5.32 Å². The lowest BCUT2D eigenvalue weighted by molar-refractivity contribution is -0.122. The molecule has 5 heteroatoms. The fourth-order valence-corrected chi connectivity index (χ4v) is 1.52. The van der Waals surface area contributed by atoms with Gasteiger partial charge >= 0.3 is 0 Å². The molecular weight excluding hydrogens is 158 g/mol. The molecule has 2 heterocycles. The molecule has 0 aromatic carbocycles. The second kappa shape index (κ2) is 2.67. The van der Waals surface area contributed by atoms with Gasteiger partial charge in [0.1, 0.15) is 12.9 Å². The summed E-state index contributed by atoms with van der Waals surface area (Å²) in [6.07, 6.45) is 1.33. The minimum atomic E-state index is -0.347. The number of carbonyl (C=O) groups is 1. The maximum atomic E-state index is 10.9. The molecule has 1 unspecified atom stereocenters. The van der Waals surface area contributed by atoms with E-state index in [9.17, 15) is 4.79 Å². The fourth-order valence-electron chi connectivity index (χ4n) is 1.52. The Kier molecular flexibility index (Phi) is 1.65. The van der Waals surface area contributed by atoms with Gasteiger partial charge in [-0.1, -0.05) is 0 Å². The van der Waals surface area contributed by atoms with Gasteiger partial charge in [0.15, 0.2) is 6.17 Å². The van der Waals surface area contributed by atoms with Gasteiger partial charge in [-0.15, -0.1) is 0 Å². The lowest BCUT2D eigenvalue weighted by Gasteiger charge is -2.27. The first kappa shape index (κ1) is 7.42. The highest BCUT2D eigenvalue weighted by Crippen LogP contribution is 2.17. The third-order valence-electron chi connectivity index (χ3n) is 2.10. The molecule has 2 aliphatic rings. The maximum Gasteiger partial charge on any atom is 0.255 e. The van der Waals surface area contributed by atoms with Gasteiger partial charge in [-0.2, -0.15) is 0 Å². The Hall–Kier alpha value is -1.23. The Morgan fingerprint density at radius 3 is 3.42 bits per heavy atom. The van der Waals surface area contributed by atoms with Gasteiger partial charge in [-0.25, -0.2) is 0 Å². The molecule has 0 radical (unpaired) electrons. The van der Waals surface area contributed by atoms with Crippen LogP contribution >= 0.6 is 0 Å². The summed E-state index contributed by atoms with van der Waals surface area (Å²) in [4.78, 5) is 12.8. The molecule has 66 valence electrons. The van der Waals surface area contributed by atoms with Crippen LogP contribution in [-0.4, -0.2) is 36.7 Å². The summed E-state index contributed by atoms with van der Waals surface area (Å²) < 4.78 is 5.12. The predicted octanol–water partition coefficient (Wildman–Crippen LogP) is -1.43. The molecule has 0 spiro atoms. The number of nitrogens with one attached hydrogen (secondary N) is 1. The molecule has 1 fully saturated rings. The van der Waals surface area contributed by atoms with E-state index in [0.717, 1.165) is 12.2 Å². The van der Waals surface area contributed by atoms with Crippen LogP contribution in [0.4, 0.5) is 0 Å². The number of nitrogens with two attached hydrogens (primary N) is 1. The van der Waals surface area contributed by atoms with E-state index in [0.29, 0.717) is 13.2 Å². The number of rotatable bonds is 1. The van der Waals surface area contributed by atoms with Crippen molar-refractivity contribution >= 4 is 5.91 Å². The number of primary amides is 1. The number of ether oxygens (including phenoxy) is 1. The number of carbonyl (C=O) groups excluding carboxylic acids is 1. The van der Waals surface area contributed by atoms with Crippen molar-refractivity contribution in [1.29, 1.82) is 0 Å². The molecule has 1 atom stereocenters. The summed E-state index contributed by atoms with van der Waals surface area (Å²) in [7, 11) is 0. The van der Waals surface area contributed by atoms with E-state index in [-0.39, 0.29) is 12.1 Å². The summed E-state index contributed by atoms with van der Waals surface area (Å²) in [5, 5.41) is 3.00. The summed E-state index contributed by atoms with van der Waals surface area (Å²) in [5.41, 5.74) is 6.20. The van der Waals surface area contributed by atoms with Crippen LogP contribution in [0.1, 0.15) is 0 Å². The van der Waals surface area contributed by atoms with Crippen molar-refractivity contribution in [3.05, 3.63) is 12.0 Å². The van der Waals surface area contributed by atoms with Gasteiger partial charge in [-0.05, 0) is 0 Å². The minimum Gasteiger partial charge on any atom is -0.497 e. The normalized spacial score (nSPS) is 27.5. The molecule has 1 amide bonds. The third-order valence-corrected chi connectivity index (χ3v) is 2.10.